The molecule has 0 radical (unpaired) electrons. The molecule has 1 N–H and O–H groups in total. The molecule has 2 aromatic heterocycles. The van der Waals surface area contributed by atoms with Crippen molar-refractivity contribution >= 4 is 22.6 Å². The largest absolute Gasteiger partial charge is 0.495 e. The van der Waals surface area contributed by atoms with Crippen molar-refractivity contribution in [2.75, 3.05) is 12.4 Å². The van der Waals surface area contributed by atoms with Gasteiger partial charge in [0.05, 0.1) is 29.8 Å². The van der Waals surface area contributed by atoms with E-state index in [1.165, 1.54) is 17.7 Å². The minimum atomic E-state index is -0.722. The lowest BCUT2D eigenvalue weighted by Gasteiger charge is -2.17. The SMILES string of the molecule is COc1ccccc1-n1c(=O)n(CC(=O)Nc2cccc(C#N)c2)c(=O)c2c(C)cc(C)nc21. The standard InChI is InChI=1S/C25H21N5O4/c1-15-11-16(2)27-23-22(15)24(32)29(14-21(31)28-18-8-6-7-17(12-18)13-26)25(33)30(23)19-9-4-5-10-20(19)34-3/h4-12H,14H2,1-3H3,(H,28,31). The molecule has 2 aromatic carbocycles. The van der Waals surface area contributed by atoms with Crippen molar-refractivity contribution in [3.63, 3.8) is 0 Å². The highest BCUT2D eigenvalue weighted by Crippen LogP contribution is 2.24. The van der Waals surface area contributed by atoms with Crippen LogP contribution in [-0.2, 0) is 11.3 Å². The summed E-state index contributed by atoms with van der Waals surface area (Å²) >= 11 is 0. The van der Waals surface area contributed by atoms with Gasteiger partial charge in [-0.05, 0) is 55.8 Å². The number of methoxy groups -OCH3 is 1. The van der Waals surface area contributed by atoms with Crippen molar-refractivity contribution in [2.45, 2.75) is 20.4 Å². The van der Waals surface area contributed by atoms with Gasteiger partial charge in [0, 0.05) is 11.4 Å². The average Bonchev–Trinajstić information content (AvgIpc) is 2.81. The van der Waals surface area contributed by atoms with Crippen molar-refractivity contribution in [1.82, 2.24) is 14.1 Å². The zero-order valence-corrected chi connectivity index (χ0v) is 18.8. The smallest absolute Gasteiger partial charge is 0.337 e. The number of nitriles is 1. The zero-order chi connectivity index (χ0) is 24.4. The predicted octanol–water partition coefficient (Wildman–Crippen LogP) is 2.68. The second-order valence-corrected chi connectivity index (χ2v) is 7.70. The van der Waals surface area contributed by atoms with Gasteiger partial charge >= 0.3 is 5.69 Å². The van der Waals surface area contributed by atoms with Gasteiger partial charge in [-0.2, -0.15) is 5.26 Å². The van der Waals surface area contributed by atoms with Crippen LogP contribution in [0, 0.1) is 25.2 Å². The highest BCUT2D eigenvalue weighted by atomic mass is 16.5. The molecule has 2 heterocycles. The number of pyridine rings is 1. The Morgan fingerprint density at radius 3 is 2.62 bits per heavy atom. The number of benzene rings is 2. The fourth-order valence-corrected chi connectivity index (χ4v) is 3.86. The first-order valence-corrected chi connectivity index (χ1v) is 10.4. The number of nitrogens with zero attached hydrogens (tertiary/aromatic N) is 4. The van der Waals surface area contributed by atoms with E-state index < -0.39 is 23.7 Å². The predicted molar refractivity (Wildman–Crippen MR) is 127 cm³/mol. The fraction of sp³-hybridized carbons (Fsp3) is 0.160. The van der Waals surface area contributed by atoms with Crippen molar-refractivity contribution in [3.8, 4) is 17.5 Å². The summed E-state index contributed by atoms with van der Waals surface area (Å²) in [5.41, 5.74) is 1.28. The molecule has 0 aliphatic rings. The molecule has 1 amide bonds. The minimum absolute atomic E-state index is 0.190. The summed E-state index contributed by atoms with van der Waals surface area (Å²) in [6.07, 6.45) is 0. The van der Waals surface area contributed by atoms with E-state index in [4.69, 9.17) is 10.00 Å². The van der Waals surface area contributed by atoms with Crippen LogP contribution in [0.2, 0.25) is 0 Å². The molecule has 0 aliphatic heterocycles. The van der Waals surface area contributed by atoms with Crippen LogP contribution < -0.4 is 21.3 Å². The molecule has 0 aliphatic carbocycles. The number of hydrogen-bond donors (Lipinski definition) is 1. The van der Waals surface area contributed by atoms with Crippen LogP contribution in [0.25, 0.3) is 16.7 Å². The van der Waals surface area contributed by atoms with E-state index >= 15 is 0 Å². The molecule has 0 fully saturated rings. The maximum absolute atomic E-state index is 13.6. The molecule has 0 saturated carbocycles. The second kappa shape index (κ2) is 9.03. The highest BCUT2D eigenvalue weighted by Gasteiger charge is 2.21. The Morgan fingerprint density at radius 2 is 1.88 bits per heavy atom. The number of hydrogen-bond acceptors (Lipinski definition) is 6. The molecule has 4 rings (SSSR count). The van der Waals surface area contributed by atoms with Crippen molar-refractivity contribution in [3.05, 3.63) is 92.3 Å². The highest BCUT2D eigenvalue weighted by molar-refractivity contribution is 5.91. The van der Waals surface area contributed by atoms with Gasteiger partial charge in [0.2, 0.25) is 5.91 Å². The molecule has 0 unspecified atom stereocenters. The Morgan fingerprint density at radius 1 is 1.12 bits per heavy atom. The number of amides is 1. The van der Waals surface area contributed by atoms with Gasteiger partial charge in [0.1, 0.15) is 12.3 Å². The molecule has 34 heavy (non-hydrogen) atoms. The first-order valence-electron chi connectivity index (χ1n) is 10.4. The molecule has 4 aromatic rings. The summed E-state index contributed by atoms with van der Waals surface area (Å²) in [7, 11) is 1.48. The molecular formula is C25H21N5O4. The minimum Gasteiger partial charge on any atom is -0.495 e. The third-order valence-corrected chi connectivity index (χ3v) is 5.32. The van der Waals surface area contributed by atoms with Crippen molar-refractivity contribution in [2.24, 2.45) is 0 Å². The van der Waals surface area contributed by atoms with Crippen LogP contribution >= 0.6 is 0 Å². The van der Waals surface area contributed by atoms with Gasteiger partial charge in [-0.3, -0.25) is 9.59 Å². The summed E-state index contributed by atoms with van der Waals surface area (Å²) in [4.78, 5) is 44.2. The molecule has 0 spiro atoms. The molecule has 0 saturated heterocycles. The lowest BCUT2D eigenvalue weighted by molar-refractivity contribution is -0.116. The molecule has 9 nitrogen and oxygen atoms in total. The number of rotatable bonds is 5. The third-order valence-electron chi connectivity index (χ3n) is 5.32. The topological polar surface area (TPSA) is 119 Å². The number of carbonyl (C=O) groups is 1. The average molecular weight is 455 g/mol. The maximum Gasteiger partial charge on any atom is 0.337 e. The lowest BCUT2D eigenvalue weighted by atomic mass is 10.1. The number of carbonyl (C=O) groups excluding carboxylic acids is 1. The van der Waals surface area contributed by atoms with E-state index in [2.05, 4.69) is 10.3 Å². The molecule has 0 bridgehead atoms. The van der Waals surface area contributed by atoms with Gasteiger partial charge in [-0.1, -0.05) is 18.2 Å². The quantitative estimate of drug-likeness (QED) is 0.494. The Labute approximate surface area is 194 Å². The van der Waals surface area contributed by atoms with E-state index in [0.717, 1.165) is 4.57 Å². The summed E-state index contributed by atoms with van der Waals surface area (Å²) < 4.78 is 7.60. The normalized spacial score (nSPS) is 10.6. The van der Waals surface area contributed by atoms with E-state index in [1.54, 1.807) is 62.4 Å². The van der Waals surface area contributed by atoms with E-state index in [0.29, 0.717) is 33.9 Å². The van der Waals surface area contributed by atoms with Crippen LogP contribution in [0.4, 0.5) is 5.69 Å². The maximum atomic E-state index is 13.6. The van der Waals surface area contributed by atoms with Crippen LogP contribution in [-0.4, -0.2) is 27.1 Å². The molecule has 170 valence electrons. The Balaban J connectivity index is 1.91. The van der Waals surface area contributed by atoms with Gasteiger partial charge in [-0.25, -0.2) is 18.9 Å². The van der Waals surface area contributed by atoms with E-state index in [9.17, 15) is 14.4 Å². The number of anilines is 1. The Bertz CT molecular complexity index is 1590. The van der Waals surface area contributed by atoms with Gasteiger partial charge in [0.25, 0.3) is 5.56 Å². The first kappa shape index (κ1) is 22.5. The van der Waals surface area contributed by atoms with Gasteiger partial charge in [-0.15, -0.1) is 0 Å². The third kappa shape index (κ3) is 4.04. The van der Waals surface area contributed by atoms with Crippen molar-refractivity contribution in [1.29, 1.82) is 5.26 Å². The molecular weight excluding hydrogens is 434 g/mol. The van der Waals surface area contributed by atoms with E-state index in [-0.39, 0.29) is 11.0 Å². The van der Waals surface area contributed by atoms with Gasteiger partial charge < -0.3 is 10.1 Å². The summed E-state index contributed by atoms with van der Waals surface area (Å²) in [6, 6.07) is 17.0. The second-order valence-electron chi connectivity index (χ2n) is 7.70. The summed E-state index contributed by atoms with van der Waals surface area (Å²) in [5, 5.41) is 11.9. The molecule has 9 heteroatoms. The molecule has 0 atom stereocenters. The monoisotopic (exact) mass is 455 g/mol. The fourth-order valence-electron chi connectivity index (χ4n) is 3.86. The lowest BCUT2D eigenvalue weighted by Crippen LogP contribution is -2.42. The van der Waals surface area contributed by atoms with Crippen molar-refractivity contribution < 1.29 is 9.53 Å². The van der Waals surface area contributed by atoms with Crippen LogP contribution in [0.15, 0.2) is 64.2 Å². The van der Waals surface area contributed by atoms with E-state index in [1.807, 2.05) is 6.07 Å². The van der Waals surface area contributed by atoms with Gasteiger partial charge in [0.15, 0.2) is 5.65 Å². The summed E-state index contributed by atoms with van der Waals surface area (Å²) in [5.74, 6) is -0.173. The number of ether oxygens (including phenoxy) is 1. The number of aryl methyl sites for hydroxylation is 2. The van der Waals surface area contributed by atoms with Crippen LogP contribution in [0.3, 0.4) is 0 Å². The van der Waals surface area contributed by atoms with Crippen LogP contribution in [0.5, 0.6) is 5.75 Å². The number of nitrogens with one attached hydrogen (secondary N) is 1. The van der Waals surface area contributed by atoms with Crippen LogP contribution in [0.1, 0.15) is 16.8 Å². The zero-order valence-electron chi connectivity index (χ0n) is 18.8. The summed E-state index contributed by atoms with van der Waals surface area (Å²) in [6.45, 7) is 3.01. The Kier molecular flexibility index (Phi) is 5.97. The first-order chi connectivity index (χ1) is 16.3. The number of para-hydroxylation sites is 2. The number of fused-ring (bicyclic) bond motifs is 1. The number of aromatic nitrogens is 3. The Hall–Kier alpha value is -4.71.